The molecule has 17 heavy (non-hydrogen) atoms. The minimum atomic E-state index is -1.17. The molecule has 0 aliphatic carbocycles. The van der Waals surface area contributed by atoms with Crippen LogP contribution in [0.2, 0.25) is 0 Å². The van der Waals surface area contributed by atoms with Gasteiger partial charge in [-0.1, -0.05) is 6.92 Å². The highest BCUT2D eigenvalue weighted by molar-refractivity contribution is 6.00. The van der Waals surface area contributed by atoms with E-state index in [1.165, 1.54) is 12.1 Å². The standard InChI is InChI=1S/C12H11FN2O2/c1-2-3-10-14-9-5-4-7(13)6-8(9)11(15-10)12(16)17/h4-6H,2-3H2,1H3,(H,16,17). The zero-order chi connectivity index (χ0) is 12.4. The van der Waals surface area contributed by atoms with Crippen LogP contribution in [0.4, 0.5) is 4.39 Å². The third kappa shape index (κ3) is 2.22. The highest BCUT2D eigenvalue weighted by Gasteiger charge is 2.14. The quantitative estimate of drug-likeness (QED) is 0.885. The summed E-state index contributed by atoms with van der Waals surface area (Å²) in [6.45, 7) is 1.96. The number of carboxylic acids is 1. The molecule has 88 valence electrons. The summed E-state index contributed by atoms with van der Waals surface area (Å²) >= 11 is 0. The zero-order valence-electron chi connectivity index (χ0n) is 9.27. The molecule has 1 N–H and O–H groups in total. The lowest BCUT2D eigenvalue weighted by molar-refractivity contribution is 0.0692. The summed E-state index contributed by atoms with van der Waals surface area (Å²) in [6, 6.07) is 3.88. The van der Waals surface area contributed by atoms with E-state index in [9.17, 15) is 9.18 Å². The fourth-order valence-electron chi connectivity index (χ4n) is 1.65. The minimum absolute atomic E-state index is 0.141. The first-order chi connectivity index (χ1) is 8.11. The monoisotopic (exact) mass is 234 g/mol. The van der Waals surface area contributed by atoms with Gasteiger partial charge in [0.25, 0.3) is 0 Å². The lowest BCUT2D eigenvalue weighted by atomic mass is 10.1. The molecule has 0 aliphatic heterocycles. The second kappa shape index (κ2) is 4.45. The fourth-order valence-corrected chi connectivity index (χ4v) is 1.65. The van der Waals surface area contributed by atoms with Crippen LogP contribution in [-0.4, -0.2) is 21.0 Å². The van der Waals surface area contributed by atoms with Crippen LogP contribution in [0.5, 0.6) is 0 Å². The van der Waals surface area contributed by atoms with Gasteiger partial charge in [0.2, 0.25) is 0 Å². The number of nitrogens with zero attached hydrogens (tertiary/aromatic N) is 2. The average molecular weight is 234 g/mol. The number of fused-ring (bicyclic) bond motifs is 1. The maximum atomic E-state index is 13.1. The van der Waals surface area contributed by atoms with Gasteiger partial charge >= 0.3 is 5.97 Å². The Morgan fingerprint density at radius 1 is 1.41 bits per heavy atom. The van der Waals surface area contributed by atoms with Gasteiger partial charge in [0, 0.05) is 11.8 Å². The zero-order valence-corrected chi connectivity index (χ0v) is 9.27. The highest BCUT2D eigenvalue weighted by atomic mass is 19.1. The number of benzene rings is 1. The van der Waals surface area contributed by atoms with Crippen LogP contribution in [0.15, 0.2) is 18.2 Å². The molecule has 4 nitrogen and oxygen atoms in total. The van der Waals surface area contributed by atoms with Crippen molar-refractivity contribution < 1.29 is 14.3 Å². The van der Waals surface area contributed by atoms with Gasteiger partial charge in [0.05, 0.1) is 5.52 Å². The summed E-state index contributed by atoms with van der Waals surface area (Å²) in [5.74, 6) is -1.18. The van der Waals surface area contributed by atoms with Gasteiger partial charge in [-0.05, 0) is 24.6 Å². The first-order valence-electron chi connectivity index (χ1n) is 5.31. The molecule has 0 bridgehead atoms. The van der Waals surface area contributed by atoms with Gasteiger partial charge in [-0.15, -0.1) is 0 Å². The van der Waals surface area contributed by atoms with Crippen molar-refractivity contribution in [2.45, 2.75) is 19.8 Å². The van der Waals surface area contributed by atoms with E-state index in [0.717, 1.165) is 12.5 Å². The molecule has 0 saturated heterocycles. The van der Waals surface area contributed by atoms with Gasteiger partial charge in [-0.2, -0.15) is 0 Å². The highest BCUT2D eigenvalue weighted by Crippen LogP contribution is 2.18. The van der Waals surface area contributed by atoms with Crippen LogP contribution in [0, 0.1) is 5.82 Å². The van der Waals surface area contributed by atoms with E-state index >= 15 is 0 Å². The Morgan fingerprint density at radius 2 is 2.18 bits per heavy atom. The van der Waals surface area contributed by atoms with Crippen molar-refractivity contribution in [2.75, 3.05) is 0 Å². The van der Waals surface area contributed by atoms with E-state index in [2.05, 4.69) is 9.97 Å². The summed E-state index contributed by atoms with van der Waals surface area (Å²) < 4.78 is 13.1. The molecule has 0 saturated carbocycles. The van der Waals surface area contributed by atoms with Crippen molar-refractivity contribution in [3.63, 3.8) is 0 Å². The third-order valence-electron chi connectivity index (χ3n) is 2.38. The average Bonchev–Trinajstić information content (AvgIpc) is 2.28. The predicted molar refractivity (Wildman–Crippen MR) is 60.5 cm³/mol. The lowest BCUT2D eigenvalue weighted by Crippen LogP contribution is -2.07. The minimum Gasteiger partial charge on any atom is -0.476 e. The molecule has 1 aromatic carbocycles. The number of rotatable bonds is 3. The smallest absolute Gasteiger partial charge is 0.355 e. The SMILES string of the molecule is CCCc1nc(C(=O)O)c2cc(F)ccc2n1. The maximum Gasteiger partial charge on any atom is 0.355 e. The van der Waals surface area contributed by atoms with Crippen molar-refractivity contribution in [1.82, 2.24) is 9.97 Å². The predicted octanol–water partition coefficient (Wildman–Crippen LogP) is 2.42. The van der Waals surface area contributed by atoms with E-state index in [-0.39, 0.29) is 11.1 Å². The van der Waals surface area contributed by atoms with Gasteiger partial charge in [0.15, 0.2) is 5.69 Å². The number of hydrogen-bond donors (Lipinski definition) is 1. The van der Waals surface area contributed by atoms with Crippen molar-refractivity contribution in [1.29, 1.82) is 0 Å². The van der Waals surface area contributed by atoms with E-state index in [4.69, 9.17) is 5.11 Å². The molecule has 5 heteroatoms. The molecule has 0 aliphatic rings. The molecule has 0 radical (unpaired) electrons. The van der Waals surface area contributed by atoms with Crippen molar-refractivity contribution in [3.05, 3.63) is 35.5 Å². The molecule has 1 heterocycles. The molecule has 0 atom stereocenters. The normalized spacial score (nSPS) is 10.7. The molecular formula is C12H11FN2O2. The second-order valence-electron chi connectivity index (χ2n) is 3.71. The van der Waals surface area contributed by atoms with Crippen LogP contribution in [-0.2, 0) is 6.42 Å². The van der Waals surface area contributed by atoms with E-state index < -0.39 is 11.8 Å². The molecule has 1 aromatic heterocycles. The number of carboxylic acid groups (broad SMARTS) is 1. The van der Waals surface area contributed by atoms with Gasteiger partial charge in [-0.3, -0.25) is 0 Å². The molecule has 2 aromatic rings. The van der Waals surface area contributed by atoms with Crippen molar-refractivity contribution in [2.24, 2.45) is 0 Å². The molecule has 2 rings (SSSR count). The Kier molecular flexibility index (Phi) is 2.99. The third-order valence-corrected chi connectivity index (χ3v) is 2.38. The van der Waals surface area contributed by atoms with E-state index in [0.29, 0.717) is 17.8 Å². The topological polar surface area (TPSA) is 63.1 Å². The van der Waals surface area contributed by atoms with Crippen molar-refractivity contribution in [3.8, 4) is 0 Å². The Bertz CT molecular complexity index is 584. The first kappa shape index (κ1) is 11.4. The van der Waals surface area contributed by atoms with Gasteiger partial charge in [-0.25, -0.2) is 19.2 Å². The van der Waals surface area contributed by atoms with Gasteiger partial charge < -0.3 is 5.11 Å². The second-order valence-corrected chi connectivity index (χ2v) is 3.71. The van der Waals surface area contributed by atoms with Crippen LogP contribution in [0.1, 0.15) is 29.7 Å². The van der Waals surface area contributed by atoms with Crippen LogP contribution in [0.25, 0.3) is 10.9 Å². The Labute approximate surface area is 97.1 Å². The lowest BCUT2D eigenvalue weighted by Gasteiger charge is -2.05. The first-order valence-corrected chi connectivity index (χ1v) is 5.31. The number of halogens is 1. The number of hydrogen-bond acceptors (Lipinski definition) is 3. The Hall–Kier alpha value is -2.04. The molecule has 0 spiro atoms. The van der Waals surface area contributed by atoms with Crippen LogP contribution in [0.3, 0.4) is 0 Å². The van der Waals surface area contributed by atoms with Crippen molar-refractivity contribution >= 4 is 16.9 Å². The summed E-state index contributed by atoms with van der Waals surface area (Å²) in [4.78, 5) is 19.2. The van der Waals surface area contributed by atoms with E-state index in [1.807, 2.05) is 6.92 Å². The van der Waals surface area contributed by atoms with Crippen LogP contribution >= 0.6 is 0 Å². The summed E-state index contributed by atoms with van der Waals surface area (Å²) in [7, 11) is 0. The fraction of sp³-hybridized carbons (Fsp3) is 0.250. The summed E-state index contributed by atoms with van der Waals surface area (Å²) in [5, 5.41) is 9.29. The number of aromatic carboxylic acids is 1. The Morgan fingerprint density at radius 3 is 2.82 bits per heavy atom. The molecule has 0 unspecified atom stereocenters. The number of carbonyl (C=O) groups is 1. The number of aryl methyl sites for hydroxylation is 1. The summed E-state index contributed by atoms with van der Waals surface area (Å²) in [6.07, 6.45) is 1.43. The molecule has 0 amide bonds. The van der Waals surface area contributed by atoms with E-state index in [1.54, 1.807) is 0 Å². The molecule has 0 fully saturated rings. The number of aromatic nitrogens is 2. The van der Waals surface area contributed by atoms with Gasteiger partial charge in [0.1, 0.15) is 11.6 Å². The molecular weight excluding hydrogens is 223 g/mol. The van der Waals surface area contributed by atoms with Crippen LogP contribution < -0.4 is 0 Å². The summed E-state index contributed by atoms with van der Waals surface area (Å²) in [5.41, 5.74) is 0.320. The largest absolute Gasteiger partial charge is 0.476 e. The maximum absolute atomic E-state index is 13.1. The Balaban J connectivity index is 2.72.